The minimum Gasteiger partial charge on any atom is -0.468 e. The summed E-state index contributed by atoms with van der Waals surface area (Å²) >= 11 is 1.84. The lowest BCUT2D eigenvalue weighted by Crippen LogP contribution is -2.46. The quantitative estimate of drug-likeness (QED) is 0.562. The van der Waals surface area contributed by atoms with Gasteiger partial charge in [-0.05, 0) is 51.3 Å². The maximum atomic E-state index is 9.51. The average molecular weight is 269 g/mol. The molecule has 102 valence electrons. The molecular formula is C14H23NO2S. The van der Waals surface area contributed by atoms with Gasteiger partial charge < -0.3 is 14.8 Å². The first-order chi connectivity index (χ1) is 8.63. The Balaban J connectivity index is 1.68. The molecule has 0 bridgehead atoms. The molecule has 1 unspecified atom stereocenters. The Hall–Kier alpha value is -0.450. The zero-order valence-electron chi connectivity index (χ0n) is 11.2. The summed E-state index contributed by atoms with van der Waals surface area (Å²) in [6, 6.07) is 2.67. The molecule has 0 spiro atoms. The fourth-order valence-corrected chi connectivity index (χ4v) is 3.00. The maximum absolute atomic E-state index is 9.51. The number of aliphatic hydroxyl groups excluding tert-OH is 1. The Morgan fingerprint density at radius 3 is 2.89 bits per heavy atom. The van der Waals surface area contributed by atoms with Crippen LogP contribution in [0.1, 0.15) is 38.4 Å². The molecular weight excluding hydrogens is 246 g/mol. The van der Waals surface area contributed by atoms with Gasteiger partial charge in [-0.1, -0.05) is 0 Å². The van der Waals surface area contributed by atoms with E-state index in [1.165, 1.54) is 17.7 Å². The van der Waals surface area contributed by atoms with Gasteiger partial charge in [0, 0.05) is 16.5 Å². The van der Waals surface area contributed by atoms with Crippen molar-refractivity contribution in [2.24, 2.45) is 0 Å². The van der Waals surface area contributed by atoms with Crippen LogP contribution < -0.4 is 5.32 Å². The van der Waals surface area contributed by atoms with Gasteiger partial charge in [0.2, 0.25) is 0 Å². The topological polar surface area (TPSA) is 45.4 Å². The third kappa shape index (κ3) is 4.04. The summed E-state index contributed by atoms with van der Waals surface area (Å²) < 4.78 is 5.27. The Kier molecular flexibility index (Phi) is 4.76. The highest BCUT2D eigenvalue weighted by Gasteiger charge is 2.31. The van der Waals surface area contributed by atoms with Gasteiger partial charge in [0.1, 0.15) is 5.76 Å². The summed E-state index contributed by atoms with van der Waals surface area (Å²) in [6.07, 6.45) is 6.39. The zero-order valence-corrected chi connectivity index (χ0v) is 12.1. The van der Waals surface area contributed by atoms with Crippen LogP contribution in [0.4, 0.5) is 0 Å². The number of thioether (sulfide) groups is 1. The number of nitrogens with one attached hydrogen (secondary N) is 1. The normalized spacial score (nSPS) is 18.8. The second kappa shape index (κ2) is 6.13. The van der Waals surface area contributed by atoms with Crippen molar-refractivity contribution in [1.29, 1.82) is 0 Å². The first-order valence-electron chi connectivity index (χ1n) is 6.68. The van der Waals surface area contributed by atoms with Crippen molar-refractivity contribution in [3.05, 3.63) is 18.1 Å². The lowest BCUT2D eigenvalue weighted by molar-refractivity contribution is 0.163. The Morgan fingerprint density at radius 1 is 1.56 bits per heavy atom. The van der Waals surface area contributed by atoms with E-state index in [-0.39, 0.29) is 12.1 Å². The Labute approximate surface area is 113 Å². The van der Waals surface area contributed by atoms with E-state index in [1.54, 1.807) is 6.26 Å². The maximum Gasteiger partial charge on any atom is 0.114 e. The molecule has 1 saturated carbocycles. The molecule has 3 nitrogen and oxygen atoms in total. The molecule has 1 aromatic heterocycles. The van der Waals surface area contributed by atoms with E-state index in [2.05, 4.69) is 12.2 Å². The van der Waals surface area contributed by atoms with Crippen LogP contribution in [0.3, 0.4) is 0 Å². The van der Waals surface area contributed by atoms with Crippen molar-refractivity contribution >= 4 is 11.8 Å². The largest absolute Gasteiger partial charge is 0.468 e. The van der Waals surface area contributed by atoms with Crippen LogP contribution >= 0.6 is 11.8 Å². The zero-order chi connectivity index (χ0) is 13.0. The summed E-state index contributed by atoms with van der Waals surface area (Å²) in [7, 11) is 0. The van der Waals surface area contributed by atoms with E-state index in [1.807, 2.05) is 24.8 Å². The van der Waals surface area contributed by atoms with Gasteiger partial charge in [-0.3, -0.25) is 0 Å². The predicted octanol–water partition coefficient (Wildman–Crippen LogP) is 2.96. The number of furan rings is 1. The van der Waals surface area contributed by atoms with Crippen LogP contribution in [-0.2, 0) is 0 Å². The van der Waals surface area contributed by atoms with E-state index >= 15 is 0 Å². The molecule has 2 rings (SSSR count). The Morgan fingerprint density at radius 2 is 2.33 bits per heavy atom. The van der Waals surface area contributed by atoms with E-state index in [9.17, 15) is 5.11 Å². The lowest BCUT2D eigenvalue weighted by Gasteiger charge is -2.29. The SMILES string of the molecule is Cc1occc1SCCCC(C)(CO)NC1CC1. The standard InChI is InChI=1S/C14H23NO2S/c1-11-13(6-8-17-11)18-9-3-7-14(2,10-16)15-12-4-5-12/h6,8,12,15-16H,3-5,7,9-10H2,1-2H3. The molecule has 1 heterocycles. The molecule has 1 aliphatic carbocycles. The lowest BCUT2D eigenvalue weighted by atomic mass is 9.97. The molecule has 0 amide bonds. The second-order valence-electron chi connectivity index (χ2n) is 5.43. The van der Waals surface area contributed by atoms with Gasteiger partial charge >= 0.3 is 0 Å². The van der Waals surface area contributed by atoms with Crippen LogP contribution in [0.15, 0.2) is 21.6 Å². The molecule has 1 atom stereocenters. The third-order valence-corrected chi connectivity index (χ3v) is 4.65. The fourth-order valence-electron chi connectivity index (χ4n) is 2.08. The number of hydrogen-bond acceptors (Lipinski definition) is 4. The van der Waals surface area contributed by atoms with E-state index in [0.717, 1.165) is 24.4 Å². The van der Waals surface area contributed by atoms with Crippen molar-refractivity contribution in [2.45, 2.75) is 56.0 Å². The minimum atomic E-state index is -0.104. The third-order valence-electron chi connectivity index (χ3n) is 3.42. The number of rotatable bonds is 8. The molecule has 1 aliphatic rings. The van der Waals surface area contributed by atoms with Crippen LogP contribution in [0.25, 0.3) is 0 Å². The van der Waals surface area contributed by atoms with Crippen LogP contribution in [-0.4, -0.2) is 29.0 Å². The van der Waals surface area contributed by atoms with Crippen molar-refractivity contribution in [2.75, 3.05) is 12.4 Å². The molecule has 0 saturated heterocycles. The number of aliphatic hydroxyl groups is 1. The van der Waals surface area contributed by atoms with E-state index in [0.29, 0.717) is 6.04 Å². The highest BCUT2D eigenvalue weighted by molar-refractivity contribution is 7.99. The molecule has 0 aromatic carbocycles. The highest BCUT2D eigenvalue weighted by Crippen LogP contribution is 2.27. The van der Waals surface area contributed by atoms with Gasteiger partial charge in [-0.15, -0.1) is 11.8 Å². The van der Waals surface area contributed by atoms with Crippen LogP contribution in [0.5, 0.6) is 0 Å². The van der Waals surface area contributed by atoms with Crippen LogP contribution in [0, 0.1) is 6.92 Å². The van der Waals surface area contributed by atoms with Gasteiger partial charge in [-0.2, -0.15) is 0 Å². The number of aryl methyl sites for hydroxylation is 1. The molecule has 2 N–H and O–H groups in total. The van der Waals surface area contributed by atoms with Crippen molar-refractivity contribution in [3.63, 3.8) is 0 Å². The molecule has 0 radical (unpaired) electrons. The highest BCUT2D eigenvalue weighted by atomic mass is 32.2. The van der Waals surface area contributed by atoms with Crippen molar-refractivity contribution < 1.29 is 9.52 Å². The molecule has 4 heteroatoms. The van der Waals surface area contributed by atoms with Gasteiger partial charge in [0.25, 0.3) is 0 Å². The van der Waals surface area contributed by atoms with Crippen LogP contribution in [0.2, 0.25) is 0 Å². The summed E-state index contributed by atoms with van der Waals surface area (Å²) in [6.45, 7) is 4.34. The monoisotopic (exact) mass is 269 g/mol. The van der Waals surface area contributed by atoms with Gasteiger partial charge in [-0.25, -0.2) is 0 Å². The Bertz CT molecular complexity index is 376. The summed E-state index contributed by atoms with van der Waals surface area (Å²) in [4.78, 5) is 1.23. The molecule has 1 fully saturated rings. The summed E-state index contributed by atoms with van der Waals surface area (Å²) in [5.41, 5.74) is -0.104. The minimum absolute atomic E-state index is 0.104. The van der Waals surface area contributed by atoms with Gasteiger partial charge in [0.15, 0.2) is 0 Å². The van der Waals surface area contributed by atoms with Crippen molar-refractivity contribution in [1.82, 2.24) is 5.32 Å². The summed E-state index contributed by atoms with van der Waals surface area (Å²) in [5.74, 6) is 2.07. The number of hydrogen-bond donors (Lipinski definition) is 2. The second-order valence-corrected chi connectivity index (χ2v) is 6.57. The first-order valence-corrected chi connectivity index (χ1v) is 7.67. The fraction of sp³-hybridized carbons (Fsp3) is 0.714. The molecule has 18 heavy (non-hydrogen) atoms. The smallest absolute Gasteiger partial charge is 0.114 e. The van der Waals surface area contributed by atoms with E-state index in [4.69, 9.17) is 4.42 Å². The predicted molar refractivity (Wildman–Crippen MR) is 75.1 cm³/mol. The molecule has 0 aliphatic heterocycles. The van der Waals surface area contributed by atoms with Gasteiger partial charge in [0.05, 0.1) is 12.9 Å². The summed E-state index contributed by atoms with van der Waals surface area (Å²) in [5, 5.41) is 13.0. The first kappa shape index (κ1) is 14.0. The molecule has 1 aromatic rings. The van der Waals surface area contributed by atoms with E-state index < -0.39 is 0 Å². The van der Waals surface area contributed by atoms with Crippen molar-refractivity contribution in [3.8, 4) is 0 Å². The average Bonchev–Trinajstić information content (AvgIpc) is 3.07.